The highest BCUT2D eigenvalue weighted by Gasteiger charge is 2.35. The van der Waals surface area contributed by atoms with Crippen LogP contribution in [-0.4, -0.2) is 22.8 Å². The van der Waals surface area contributed by atoms with Crippen LogP contribution in [0.2, 0.25) is 0 Å². The number of nitrogens with one attached hydrogen (secondary N) is 3. The van der Waals surface area contributed by atoms with E-state index in [9.17, 15) is 4.79 Å². The summed E-state index contributed by atoms with van der Waals surface area (Å²) in [7, 11) is 0. The number of thiocarbonyl (C=S) groups is 1. The number of thioether (sulfide) groups is 1. The Bertz CT molecular complexity index is 877. The monoisotopic (exact) mass is 397 g/mol. The van der Waals surface area contributed by atoms with Gasteiger partial charge >= 0.3 is 0 Å². The van der Waals surface area contributed by atoms with E-state index < -0.39 is 0 Å². The zero-order chi connectivity index (χ0) is 18.6. The van der Waals surface area contributed by atoms with Crippen molar-refractivity contribution in [3.8, 4) is 0 Å². The summed E-state index contributed by atoms with van der Waals surface area (Å²) in [5.41, 5.74) is 6.77. The molecule has 1 saturated carbocycles. The van der Waals surface area contributed by atoms with E-state index in [0.29, 0.717) is 28.7 Å². The van der Waals surface area contributed by atoms with Crippen LogP contribution in [0.15, 0.2) is 54.6 Å². The van der Waals surface area contributed by atoms with Gasteiger partial charge in [-0.2, -0.15) is 0 Å². The van der Waals surface area contributed by atoms with Crippen LogP contribution in [0.4, 0.5) is 0 Å². The van der Waals surface area contributed by atoms with E-state index >= 15 is 0 Å². The SMILES string of the molecule is O=C(CSCc1cccc2ccccc12)NNC(=S)N[C@@H]1C[C@@H]2C=C[C@@H]1C2. The highest BCUT2D eigenvalue weighted by Crippen LogP contribution is 2.38. The van der Waals surface area contributed by atoms with E-state index in [2.05, 4.69) is 58.7 Å². The summed E-state index contributed by atoms with van der Waals surface area (Å²) in [6, 6.07) is 15.0. The second-order valence-corrected chi connectivity index (χ2v) is 8.56. The Kier molecular flexibility index (Phi) is 5.64. The minimum absolute atomic E-state index is 0.0720. The lowest BCUT2D eigenvalue weighted by Gasteiger charge is -2.22. The lowest BCUT2D eigenvalue weighted by molar-refractivity contribution is -0.119. The van der Waals surface area contributed by atoms with Crippen molar-refractivity contribution in [2.45, 2.75) is 24.6 Å². The first-order valence-corrected chi connectivity index (χ1v) is 10.8. The molecule has 2 aromatic carbocycles. The molecule has 0 heterocycles. The van der Waals surface area contributed by atoms with Gasteiger partial charge in [0.05, 0.1) is 5.75 Å². The largest absolute Gasteiger partial charge is 0.358 e. The minimum Gasteiger partial charge on any atom is -0.358 e. The van der Waals surface area contributed by atoms with Crippen molar-refractivity contribution in [1.29, 1.82) is 0 Å². The quantitative estimate of drug-likeness (QED) is 0.409. The van der Waals surface area contributed by atoms with Crippen molar-refractivity contribution < 1.29 is 4.79 Å². The number of rotatable bonds is 5. The van der Waals surface area contributed by atoms with Gasteiger partial charge < -0.3 is 5.32 Å². The average molecular weight is 398 g/mol. The van der Waals surface area contributed by atoms with Crippen LogP contribution in [0, 0.1) is 11.8 Å². The zero-order valence-corrected chi connectivity index (χ0v) is 16.6. The van der Waals surface area contributed by atoms with Crippen LogP contribution in [0.1, 0.15) is 18.4 Å². The fourth-order valence-electron chi connectivity index (χ4n) is 3.99. The van der Waals surface area contributed by atoms with Crippen LogP contribution in [-0.2, 0) is 10.5 Å². The van der Waals surface area contributed by atoms with Gasteiger partial charge in [0.15, 0.2) is 5.11 Å². The Morgan fingerprint density at radius 3 is 2.74 bits per heavy atom. The van der Waals surface area contributed by atoms with E-state index in [1.165, 1.54) is 22.8 Å². The van der Waals surface area contributed by atoms with Crippen LogP contribution < -0.4 is 16.2 Å². The molecule has 1 amide bonds. The van der Waals surface area contributed by atoms with Gasteiger partial charge in [-0.15, -0.1) is 11.8 Å². The third kappa shape index (κ3) is 4.45. The molecule has 0 saturated heterocycles. The molecule has 2 aliphatic rings. The molecule has 0 aliphatic heterocycles. The number of hydrogen-bond acceptors (Lipinski definition) is 3. The van der Waals surface area contributed by atoms with Gasteiger partial charge in [0, 0.05) is 11.8 Å². The molecular formula is C21H23N3OS2. The summed E-state index contributed by atoms with van der Waals surface area (Å²) in [5, 5.41) is 6.29. The summed E-state index contributed by atoms with van der Waals surface area (Å²) in [5.74, 6) is 2.37. The number of fused-ring (bicyclic) bond motifs is 3. The topological polar surface area (TPSA) is 53.2 Å². The molecule has 6 heteroatoms. The third-order valence-electron chi connectivity index (χ3n) is 5.28. The molecule has 3 atom stereocenters. The van der Waals surface area contributed by atoms with Crippen molar-refractivity contribution in [2.75, 3.05) is 5.75 Å². The Morgan fingerprint density at radius 2 is 1.93 bits per heavy atom. The molecule has 140 valence electrons. The Labute approximate surface area is 169 Å². The molecule has 3 N–H and O–H groups in total. The Balaban J connectivity index is 1.18. The molecule has 0 aromatic heterocycles. The zero-order valence-electron chi connectivity index (χ0n) is 15.0. The first-order chi connectivity index (χ1) is 13.2. The molecule has 2 bridgehead atoms. The van der Waals surface area contributed by atoms with E-state index in [0.717, 1.165) is 12.2 Å². The maximum atomic E-state index is 12.1. The summed E-state index contributed by atoms with van der Waals surface area (Å²) in [6.45, 7) is 0. The van der Waals surface area contributed by atoms with Crippen LogP contribution in [0.3, 0.4) is 0 Å². The first-order valence-electron chi connectivity index (χ1n) is 9.27. The van der Waals surface area contributed by atoms with Crippen molar-refractivity contribution in [2.24, 2.45) is 11.8 Å². The first kappa shape index (κ1) is 18.3. The fraction of sp³-hybridized carbons (Fsp3) is 0.333. The van der Waals surface area contributed by atoms with Crippen molar-refractivity contribution in [3.63, 3.8) is 0 Å². The predicted octanol–water partition coefficient (Wildman–Crippen LogP) is 3.53. The number of amides is 1. The molecule has 0 unspecified atom stereocenters. The molecule has 2 aliphatic carbocycles. The maximum absolute atomic E-state index is 12.1. The fourth-order valence-corrected chi connectivity index (χ4v) is 5.02. The normalized spacial score (nSPS) is 22.7. The van der Waals surface area contributed by atoms with Gasteiger partial charge in [0.25, 0.3) is 0 Å². The van der Waals surface area contributed by atoms with Gasteiger partial charge in [-0.1, -0.05) is 54.6 Å². The molecule has 2 aromatic rings. The van der Waals surface area contributed by atoms with Crippen molar-refractivity contribution in [1.82, 2.24) is 16.2 Å². The predicted molar refractivity (Wildman–Crippen MR) is 116 cm³/mol. The smallest absolute Gasteiger partial charge is 0.248 e. The van der Waals surface area contributed by atoms with Crippen molar-refractivity contribution in [3.05, 3.63) is 60.2 Å². The average Bonchev–Trinajstić information content (AvgIpc) is 3.30. The number of carbonyl (C=O) groups is 1. The van der Waals surface area contributed by atoms with Gasteiger partial charge in [-0.3, -0.25) is 15.6 Å². The second-order valence-electron chi connectivity index (χ2n) is 7.16. The molecule has 0 spiro atoms. The Morgan fingerprint density at radius 1 is 1.07 bits per heavy atom. The van der Waals surface area contributed by atoms with E-state index in [1.807, 2.05) is 12.1 Å². The summed E-state index contributed by atoms with van der Waals surface area (Å²) < 4.78 is 0. The number of hydrazine groups is 1. The van der Waals surface area contributed by atoms with Crippen LogP contribution >= 0.6 is 24.0 Å². The number of allylic oxidation sites excluding steroid dienone is 1. The van der Waals surface area contributed by atoms with Gasteiger partial charge in [-0.05, 0) is 53.2 Å². The van der Waals surface area contributed by atoms with Gasteiger partial charge in [-0.25, -0.2) is 0 Å². The molecule has 27 heavy (non-hydrogen) atoms. The lowest BCUT2D eigenvalue weighted by Crippen LogP contribution is -2.50. The summed E-state index contributed by atoms with van der Waals surface area (Å²) >= 11 is 6.90. The van der Waals surface area contributed by atoms with Crippen LogP contribution in [0.25, 0.3) is 10.8 Å². The van der Waals surface area contributed by atoms with E-state index in [-0.39, 0.29) is 5.91 Å². The van der Waals surface area contributed by atoms with Gasteiger partial charge in [0.1, 0.15) is 0 Å². The molecule has 4 nitrogen and oxygen atoms in total. The third-order valence-corrected chi connectivity index (χ3v) is 6.48. The molecule has 0 radical (unpaired) electrons. The van der Waals surface area contributed by atoms with E-state index in [4.69, 9.17) is 12.2 Å². The standard InChI is InChI=1S/C21H23N3OS2/c25-20(23-24-21(26)22-19-11-14-8-9-16(19)10-14)13-27-12-17-6-3-5-15-4-1-2-7-18(15)17/h1-9,14,16,19H,10-13H2,(H,23,25)(H2,22,24,26)/t14-,16-,19-/m1/s1. The number of hydrogen-bond donors (Lipinski definition) is 3. The minimum atomic E-state index is -0.0720. The second kappa shape index (κ2) is 8.31. The number of carbonyl (C=O) groups excluding carboxylic acids is 1. The maximum Gasteiger partial charge on any atom is 0.248 e. The van der Waals surface area contributed by atoms with Crippen LogP contribution in [0.5, 0.6) is 0 Å². The highest BCUT2D eigenvalue weighted by atomic mass is 32.2. The Hall–Kier alpha value is -2.05. The van der Waals surface area contributed by atoms with Crippen molar-refractivity contribution >= 4 is 45.8 Å². The summed E-state index contributed by atoms with van der Waals surface area (Å²) in [4.78, 5) is 12.1. The number of benzene rings is 2. The van der Waals surface area contributed by atoms with E-state index in [1.54, 1.807) is 11.8 Å². The lowest BCUT2D eigenvalue weighted by atomic mass is 10.0. The van der Waals surface area contributed by atoms with Gasteiger partial charge in [0.2, 0.25) is 5.91 Å². The highest BCUT2D eigenvalue weighted by molar-refractivity contribution is 7.99. The molecule has 1 fully saturated rings. The summed E-state index contributed by atoms with van der Waals surface area (Å²) in [6.07, 6.45) is 6.92. The molecule has 4 rings (SSSR count). The molecular weight excluding hydrogens is 374 g/mol.